The molecule has 4 aromatic rings. The lowest BCUT2D eigenvalue weighted by molar-refractivity contribution is -0.0551. The monoisotopic (exact) mass is 525 g/mol. The van der Waals surface area contributed by atoms with Gasteiger partial charge in [0.25, 0.3) is 5.91 Å². The maximum Gasteiger partial charge on any atom is 0.253 e. The van der Waals surface area contributed by atoms with E-state index in [1.54, 1.807) is 39.5 Å². The van der Waals surface area contributed by atoms with Crippen molar-refractivity contribution in [3.8, 4) is 40.0 Å². The summed E-state index contributed by atoms with van der Waals surface area (Å²) < 4.78 is 23.9. The van der Waals surface area contributed by atoms with E-state index >= 15 is 0 Å². The number of nitrogens with zero attached hydrogens (tertiary/aromatic N) is 3. The normalized spacial score (nSPS) is 18.9. The number of methoxy groups -OCH3 is 1. The molecular formula is C31H31N3O5. The summed E-state index contributed by atoms with van der Waals surface area (Å²) in [5.74, 6) is 1.99. The molecule has 5 rings (SSSR count). The highest BCUT2D eigenvalue weighted by Gasteiger charge is 2.31. The minimum Gasteiger partial charge on any atom is -0.496 e. The number of ether oxygens (including phenoxy) is 3. The molecule has 1 saturated heterocycles. The van der Waals surface area contributed by atoms with Crippen LogP contribution >= 0.6 is 0 Å². The van der Waals surface area contributed by atoms with Gasteiger partial charge in [0.15, 0.2) is 5.58 Å². The number of furan rings is 1. The fourth-order valence-corrected chi connectivity index (χ4v) is 5.04. The van der Waals surface area contributed by atoms with E-state index in [0.717, 1.165) is 11.1 Å². The Labute approximate surface area is 227 Å². The molecule has 39 heavy (non-hydrogen) atoms. The first-order chi connectivity index (χ1) is 18.8. The van der Waals surface area contributed by atoms with Gasteiger partial charge in [0.1, 0.15) is 34.9 Å². The van der Waals surface area contributed by atoms with Crippen LogP contribution in [0.25, 0.3) is 33.6 Å². The van der Waals surface area contributed by atoms with E-state index in [1.807, 2.05) is 36.4 Å². The van der Waals surface area contributed by atoms with E-state index in [1.165, 1.54) is 4.90 Å². The van der Waals surface area contributed by atoms with Crippen LogP contribution in [0.4, 0.5) is 0 Å². The number of benzene rings is 2. The van der Waals surface area contributed by atoms with E-state index < -0.39 is 0 Å². The number of carbonyl (C=O) groups is 1. The van der Waals surface area contributed by atoms with Crippen molar-refractivity contribution in [3.63, 3.8) is 0 Å². The van der Waals surface area contributed by atoms with Gasteiger partial charge in [-0.2, -0.15) is 5.26 Å². The van der Waals surface area contributed by atoms with E-state index in [2.05, 4.69) is 24.9 Å². The first-order valence-electron chi connectivity index (χ1n) is 12.9. The third kappa shape index (κ3) is 5.06. The standard InChI is InChI=1S/C31H31N3O5/c1-18-16-37-17-19(2)29(18)38-26-9-7-20(12-22(26)15-32)23-10-11-33-25-14-28(39-30(23)25)24-8-6-21(13-27(24)36-5)31(35)34(3)4/h6-14,18-19,29H,16-17H2,1-5H3/t18-,19+,29-. The summed E-state index contributed by atoms with van der Waals surface area (Å²) >= 11 is 0. The lowest BCUT2D eigenvalue weighted by Crippen LogP contribution is -2.41. The maximum atomic E-state index is 12.4. The summed E-state index contributed by atoms with van der Waals surface area (Å²) in [5.41, 5.74) is 4.57. The Bertz CT molecular complexity index is 1560. The maximum absolute atomic E-state index is 12.4. The molecule has 0 bridgehead atoms. The highest BCUT2D eigenvalue weighted by molar-refractivity contribution is 5.96. The summed E-state index contributed by atoms with van der Waals surface area (Å²) in [4.78, 5) is 18.4. The van der Waals surface area contributed by atoms with Crippen molar-refractivity contribution in [2.24, 2.45) is 11.8 Å². The van der Waals surface area contributed by atoms with E-state index in [9.17, 15) is 10.1 Å². The Morgan fingerprint density at radius 1 is 1.03 bits per heavy atom. The van der Waals surface area contributed by atoms with Gasteiger partial charge in [0.05, 0.1) is 31.5 Å². The van der Waals surface area contributed by atoms with Crippen LogP contribution < -0.4 is 9.47 Å². The molecule has 8 heteroatoms. The molecule has 1 aliphatic rings. The van der Waals surface area contributed by atoms with Crippen LogP contribution in [-0.4, -0.2) is 56.3 Å². The molecule has 0 saturated carbocycles. The molecule has 0 aliphatic carbocycles. The van der Waals surface area contributed by atoms with Gasteiger partial charge < -0.3 is 23.5 Å². The number of aromatic nitrogens is 1. The number of carbonyl (C=O) groups excluding carboxylic acids is 1. The molecule has 0 spiro atoms. The minimum atomic E-state index is -0.116. The number of pyridine rings is 1. The zero-order valence-corrected chi connectivity index (χ0v) is 22.7. The molecule has 200 valence electrons. The number of nitriles is 1. The van der Waals surface area contributed by atoms with Gasteiger partial charge >= 0.3 is 0 Å². The summed E-state index contributed by atoms with van der Waals surface area (Å²) in [5, 5.41) is 9.94. The highest BCUT2D eigenvalue weighted by atomic mass is 16.5. The van der Waals surface area contributed by atoms with Crippen molar-refractivity contribution in [3.05, 3.63) is 65.9 Å². The topological polar surface area (TPSA) is 97.8 Å². The molecular weight excluding hydrogens is 494 g/mol. The van der Waals surface area contributed by atoms with Crippen LogP contribution in [0.3, 0.4) is 0 Å². The fourth-order valence-electron chi connectivity index (χ4n) is 5.04. The molecule has 0 N–H and O–H groups in total. The quantitative estimate of drug-likeness (QED) is 0.314. The lowest BCUT2D eigenvalue weighted by atomic mass is 9.92. The van der Waals surface area contributed by atoms with Crippen LogP contribution in [0.15, 0.2) is 59.1 Å². The van der Waals surface area contributed by atoms with Gasteiger partial charge in [0.2, 0.25) is 0 Å². The van der Waals surface area contributed by atoms with Crippen molar-refractivity contribution < 1.29 is 23.4 Å². The zero-order valence-electron chi connectivity index (χ0n) is 22.7. The predicted molar refractivity (Wildman–Crippen MR) is 148 cm³/mol. The average Bonchev–Trinajstić information content (AvgIpc) is 3.38. The minimum absolute atomic E-state index is 0.0219. The number of rotatable bonds is 6. The Morgan fingerprint density at radius 2 is 1.79 bits per heavy atom. The second kappa shape index (κ2) is 10.8. The predicted octanol–water partition coefficient (Wildman–Crippen LogP) is 5.79. The average molecular weight is 526 g/mol. The second-order valence-electron chi connectivity index (χ2n) is 10.2. The molecule has 3 heterocycles. The first-order valence-corrected chi connectivity index (χ1v) is 12.9. The summed E-state index contributed by atoms with van der Waals surface area (Å²) in [6, 6.07) is 16.9. The fraction of sp³-hybridized carbons (Fsp3) is 0.323. The molecule has 0 radical (unpaired) electrons. The Kier molecular flexibility index (Phi) is 7.27. The van der Waals surface area contributed by atoms with Crippen LogP contribution in [0, 0.1) is 23.2 Å². The highest BCUT2D eigenvalue weighted by Crippen LogP contribution is 2.39. The molecule has 3 atom stereocenters. The first kappa shape index (κ1) is 26.3. The number of fused-ring (bicyclic) bond motifs is 1. The Hall–Kier alpha value is -4.35. The second-order valence-corrected chi connectivity index (χ2v) is 10.2. The van der Waals surface area contributed by atoms with Crippen LogP contribution in [0.5, 0.6) is 11.5 Å². The molecule has 8 nitrogen and oxygen atoms in total. The van der Waals surface area contributed by atoms with Gasteiger partial charge in [-0.1, -0.05) is 19.9 Å². The van der Waals surface area contributed by atoms with Gasteiger partial charge in [-0.25, -0.2) is 0 Å². The summed E-state index contributed by atoms with van der Waals surface area (Å²) in [6.45, 7) is 5.49. The number of amides is 1. The van der Waals surface area contributed by atoms with Crippen molar-refractivity contribution in [1.82, 2.24) is 9.88 Å². The third-order valence-electron chi connectivity index (χ3n) is 7.09. The SMILES string of the molecule is COc1cc(C(=O)N(C)C)ccc1-c1cc2nccc(-c3ccc(O[C@@H]4[C@H](C)COC[C@@H]4C)c(C#N)c3)c2o1. The molecule has 2 aromatic heterocycles. The van der Waals surface area contributed by atoms with Crippen LogP contribution in [0.1, 0.15) is 29.8 Å². The number of hydrogen-bond donors (Lipinski definition) is 0. The molecule has 2 aromatic carbocycles. The van der Waals surface area contributed by atoms with Gasteiger partial charge in [-0.05, 0) is 42.0 Å². The van der Waals surface area contributed by atoms with Gasteiger partial charge in [-0.3, -0.25) is 9.78 Å². The lowest BCUT2D eigenvalue weighted by Gasteiger charge is -2.34. The summed E-state index contributed by atoms with van der Waals surface area (Å²) in [6.07, 6.45) is 1.70. The van der Waals surface area contributed by atoms with E-state index in [0.29, 0.717) is 58.3 Å². The summed E-state index contributed by atoms with van der Waals surface area (Å²) in [7, 11) is 4.97. The van der Waals surface area contributed by atoms with Crippen LogP contribution in [0.2, 0.25) is 0 Å². The van der Waals surface area contributed by atoms with E-state index in [-0.39, 0.29) is 23.8 Å². The van der Waals surface area contributed by atoms with Crippen molar-refractivity contribution >= 4 is 17.0 Å². The Balaban J connectivity index is 1.51. The van der Waals surface area contributed by atoms with Crippen molar-refractivity contribution in [1.29, 1.82) is 5.26 Å². The molecule has 1 aliphatic heterocycles. The van der Waals surface area contributed by atoms with Crippen molar-refractivity contribution in [2.45, 2.75) is 20.0 Å². The molecule has 1 amide bonds. The largest absolute Gasteiger partial charge is 0.496 e. The van der Waals surface area contributed by atoms with Crippen molar-refractivity contribution in [2.75, 3.05) is 34.4 Å². The number of hydrogen-bond acceptors (Lipinski definition) is 7. The van der Waals surface area contributed by atoms with Gasteiger partial charge in [0, 0.05) is 49.3 Å². The smallest absolute Gasteiger partial charge is 0.253 e. The van der Waals surface area contributed by atoms with E-state index in [4.69, 9.17) is 18.6 Å². The van der Waals surface area contributed by atoms with Gasteiger partial charge in [-0.15, -0.1) is 0 Å². The third-order valence-corrected chi connectivity index (χ3v) is 7.09. The Morgan fingerprint density at radius 3 is 2.49 bits per heavy atom. The molecule has 0 unspecified atom stereocenters. The molecule has 1 fully saturated rings. The van der Waals surface area contributed by atoms with Crippen LogP contribution in [-0.2, 0) is 4.74 Å². The zero-order chi connectivity index (χ0) is 27.7.